The molecule has 2 heterocycles. The van der Waals surface area contributed by atoms with Gasteiger partial charge in [-0.05, 0) is 55.2 Å². The number of nitrogens with zero attached hydrogens (tertiary/aromatic N) is 4. The van der Waals surface area contributed by atoms with E-state index in [-0.39, 0.29) is 5.82 Å². The molecule has 1 aromatic heterocycles. The molecule has 1 saturated heterocycles. The van der Waals surface area contributed by atoms with Crippen molar-refractivity contribution < 1.29 is 4.39 Å². The van der Waals surface area contributed by atoms with Crippen molar-refractivity contribution in [3.63, 3.8) is 0 Å². The number of hydrogen-bond acceptors (Lipinski definition) is 4. The van der Waals surface area contributed by atoms with Crippen molar-refractivity contribution in [2.45, 2.75) is 32.4 Å². The molecule has 0 radical (unpaired) electrons. The van der Waals surface area contributed by atoms with Crippen LogP contribution in [0, 0.1) is 5.82 Å². The van der Waals surface area contributed by atoms with Crippen LogP contribution < -0.4 is 10.2 Å². The highest BCUT2D eigenvalue weighted by atomic mass is 19.1. The van der Waals surface area contributed by atoms with Crippen LogP contribution in [0.4, 0.5) is 15.9 Å². The van der Waals surface area contributed by atoms with E-state index in [0.29, 0.717) is 6.04 Å². The third-order valence-electron chi connectivity index (χ3n) is 5.10. The third kappa shape index (κ3) is 4.10. The summed E-state index contributed by atoms with van der Waals surface area (Å²) < 4.78 is 15.0. The summed E-state index contributed by atoms with van der Waals surface area (Å²) in [5, 5.41) is 11.7. The molecule has 5 nitrogen and oxygen atoms in total. The Kier molecular flexibility index (Phi) is 5.05. The summed E-state index contributed by atoms with van der Waals surface area (Å²) in [4.78, 5) is 2.41. The van der Waals surface area contributed by atoms with Crippen LogP contribution in [0.15, 0.2) is 54.7 Å². The van der Waals surface area contributed by atoms with E-state index in [1.807, 2.05) is 23.0 Å². The SMILES string of the molecule is CCn1cc(NC2CCN(c3cccc(-c4ccc(F)cc4)c3)CC2)nn1. The fourth-order valence-corrected chi connectivity index (χ4v) is 3.53. The Morgan fingerprint density at radius 1 is 1.07 bits per heavy atom. The fraction of sp³-hybridized carbons (Fsp3) is 0.333. The number of halogens is 1. The summed E-state index contributed by atoms with van der Waals surface area (Å²) >= 11 is 0. The molecule has 1 N–H and O–H groups in total. The van der Waals surface area contributed by atoms with E-state index >= 15 is 0 Å². The number of hydrogen-bond donors (Lipinski definition) is 1. The topological polar surface area (TPSA) is 46.0 Å². The summed E-state index contributed by atoms with van der Waals surface area (Å²) in [6.45, 7) is 4.87. The number of aryl methyl sites for hydroxylation is 1. The van der Waals surface area contributed by atoms with Gasteiger partial charge in [0.05, 0.1) is 6.20 Å². The van der Waals surface area contributed by atoms with Gasteiger partial charge in [-0.15, -0.1) is 5.10 Å². The molecule has 0 aliphatic carbocycles. The Morgan fingerprint density at radius 2 is 1.85 bits per heavy atom. The summed E-state index contributed by atoms with van der Waals surface area (Å²) in [5.41, 5.74) is 3.37. The number of piperidine rings is 1. The number of aromatic nitrogens is 3. The number of rotatable bonds is 5. The highest BCUT2D eigenvalue weighted by Gasteiger charge is 2.20. The molecule has 3 aromatic rings. The average molecular weight is 365 g/mol. The van der Waals surface area contributed by atoms with Gasteiger partial charge in [-0.1, -0.05) is 29.5 Å². The smallest absolute Gasteiger partial charge is 0.168 e. The van der Waals surface area contributed by atoms with Crippen LogP contribution in [-0.4, -0.2) is 34.1 Å². The maximum absolute atomic E-state index is 13.2. The van der Waals surface area contributed by atoms with Crippen LogP contribution in [-0.2, 0) is 6.54 Å². The Balaban J connectivity index is 1.39. The van der Waals surface area contributed by atoms with Crippen molar-refractivity contribution in [3.05, 3.63) is 60.5 Å². The first-order chi connectivity index (χ1) is 13.2. The molecule has 6 heteroatoms. The number of benzene rings is 2. The Morgan fingerprint density at radius 3 is 2.56 bits per heavy atom. The van der Waals surface area contributed by atoms with E-state index < -0.39 is 0 Å². The molecule has 0 spiro atoms. The van der Waals surface area contributed by atoms with Crippen LogP contribution in [0.1, 0.15) is 19.8 Å². The van der Waals surface area contributed by atoms with Crippen LogP contribution in [0.3, 0.4) is 0 Å². The van der Waals surface area contributed by atoms with Crippen LogP contribution in [0.5, 0.6) is 0 Å². The van der Waals surface area contributed by atoms with Gasteiger partial charge in [0.1, 0.15) is 5.82 Å². The van der Waals surface area contributed by atoms with E-state index in [1.54, 1.807) is 0 Å². The molecule has 0 bridgehead atoms. The molecule has 0 unspecified atom stereocenters. The first-order valence-corrected chi connectivity index (χ1v) is 9.49. The largest absolute Gasteiger partial charge is 0.371 e. The van der Waals surface area contributed by atoms with Gasteiger partial charge in [-0.2, -0.15) is 0 Å². The van der Waals surface area contributed by atoms with Gasteiger partial charge >= 0.3 is 0 Å². The van der Waals surface area contributed by atoms with Gasteiger partial charge < -0.3 is 10.2 Å². The Hall–Kier alpha value is -2.89. The standard InChI is InChI=1S/C21H24FN5/c1-2-27-15-21(24-25-27)23-19-10-12-26(13-11-19)20-5-3-4-17(14-20)16-6-8-18(22)9-7-16/h3-9,14-15,19,23H,2,10-13H2,1H3. The predicted octanol–water partition coefficient (Wildman–Crippen LogP) is 4.19. The lowest BCUT2D eigenvalue weighted by Crippen LogP contribution is -2.39. The van der Waals surface area contributed by atoms with Gasteiger partial charge in [-0.25, -0.2) is 4.39 Å². The Bertz CT molecular complexity index is 882. The molecule has 1 aliphatic rings. The molecule has 0 saturated carbocycles. The first kappa shape index (κ1) is 17.5. The summed E-state index contributed by atoms with van der Waals surface area (Å²) in [6.07, 6.45) is 4.07. The van der Waals surface area contributed by atoms with Gasteiger partial charge in [0.2, 0.25) is 0 Å². The lowest BCUT2D eigenvalue weighted by atomic mass is 10.0. The van der Waals surface area contributed by atoms with Crippen molar-refractivity contribution in [1.82, 2.24) is 15.0 Å². The molecule has 0 amide bonds. The lowest BCUT2D eigenvalue weighted by molar-refractivity contribution is 0.525. The highest BCUT2D eigenvalue weighted by molar-refractivity contribution is 5.68. The highest BCUT2D eigenvalue weighted by Crippen LogP contribution is 2.27. The zero-order valence-electron chi connectivity index (χ0n) is 15.5. The van der Waals surface area contributed by atoms with E-state index in [9.17, 15) is 4.39 Å². The monoisotopic (exact) mass is 365 g/mol. The number of anilines is 2. The molecule has 27 heavy (non-hydrogen) atoms. The zero-order valence-corrected chi connectivity index (χ0v) is 15.5. The van der Waals surface area contributed by atoms with Crippen molar-refractivity contribution >= 4 is 11.5 Å². The predicted molar refractivity (Wildman–Crippen MR) is 106 cm³/mol. The minimum atomic E-state index is -0.205. The first-order valence-electron chi connectivity index (χ1n) is 9.49. The lowest BCUT2D eigenvalue weighted by Gasteiger charge is -2.34. The maximum atomic E-state index is 13.2. The normalized spacial score (nSPS) is 15.1. The number of nitrogens with one attached hydrogen (secondary N) is 1. The van der Waals surface area contributed by atoms with Crippen LogP contribution in [0.25, 0.3) is 11.1 Å². The molecule has 1 aliphatic heterocycles. The van der Waals surface area contributed by atoms with Crippen molar-refractivity contribution in [1.29, 1.82) is 0 Å². The molecule has 2 aromatic carbocycles. The van der Waals surface area contributed by atoms with Crippen LogP contribution in [0.2, 0.25) is 0 Å². The Labute approximate surface area is 158 Å². The summed E-state index contributed by atoms with van der Waals surface area (Å²) in [5.74, 6) is 0.650. The minimum absolute atomic E-state index is 0.205. The molecule has 0 atom stereocenters. The van der Waals surface area contributed by atoms with E-state index in [2.05, 4.69) is 51.7 Å². The van der Waals surface area contributed by atoms with Crippen molar-refractivity contribution in [2.75, 3.05) is 23.3 Å². The second-order valence-electron chi connectivity index (χ2n) is 6.92. The second kappa shape index (κ2) is 7.78. The second-order valence-corrected chi connectivity index (χ2v) is 6.92. The van der Waals surface area contributed by atoms with Gasteiger partial charge in [0.25, 0.3) is 0 Å². The molecule has 4 rings (SSSR count). The van der Waals surface area contributed by atoms with Gasteiger partial charge in [0.15, 0.2) is 5.82 Å². The average Bonchev–Trinajstić information content (AvgIpc) is 3.17. The van der Waals surface area contributed by atoms with Crippen molar-refractivity contribution in [3.8, 4) is 11.1 Å². The van der Waals surface area contributed by atoms with Crippen molar-refractivity contribution in [2.24, 2.45) is 0 Å². The van der Waals surface area contributed by atoms with Gasteiger partial charge in [0, 0.05) is 31.4 Å². The van der Waals surface area contributed by atoms with E-state index in [1.165, 1.54) is 17.8 Å². The van der Waals surface area contributed by atoms with E-state index in [0.717, 1.165) is 49.4 Å². The third-order valence-corrected chi connectivity index (χ3v) is 5.10. The zero-order chi connectivity index (χ0) is 18.6. The maximum Gasteiger partial charge on any atom is 0.168 e. The minimum Gasteiger partial charge on any atom is -0.371 e. The molecular weight excluding hydrogens is 341 g/mol. The quantitative estimate of drug-likeness (QED) is 0.737. The molecule has 1 fully saturated rings. The summed E-state index contributed by atoms with van der Waals surface area (Å²) in [6, 6.07) is 15.6. The fourth-order valence-electron chi connectivity index (χ4n) is 3.53. The van der Waals surface area contributed by atoms with Crippen LogP contribution >= 0.6 is 0 Å². The molecular formula is C21H24FN5. The summed E-state index contributed by atoms with van der Waals surface area (Å²) in [7, 11) is 0. The molecule has 140 valence electrons. The van der Waals surface area contributed by atoms with Gasteiger partial charge in [-0.3, -0.25) is 4.68 Å². The van der Waals surface area contributed by atoms with E-state index in [4.69, 9.17) is 0 Å².